The highest BCUT2D eigenvalue weighted by Gasteiger charge is 2.20. The van der Waals surface area contributed by atoms with Crippen LogP contribution in [-0.2, 0) is 11.4 Å². The molecule has 3 aromatic rings. The van der Waals surface area contributed by atoms with E-state index in [1.807, 2.05) is 67.6 Å². The SMILES string of the molecule is CCOc1ccc(-c2cccc(C(=O)N(C)C)c2)cc1[S+]([O-])Nc1cccc(NCCN)c1. The zero-order valence-electron chi connectivity index (χ0n) is 19.1. The summed E-state index contributed by atoms with van der Waals surface area (Å²) in [6.07, 6.45) is 0. The molecule has 1 atom stereocenters. The molecule has 0 aliphatic heterocycles. The number of nitrogens with two attached hydrogens (primary N) is 1. The second kappa shape index (κ2) is 11.6. The van der Waals surface area contributed by atoms with E-state index in [0.717, 1.165) is 16.8 Å². The Labute approximate surface area is 198 Å². The maximum Gasteiger partial charge on any atom is 0.253 e. The van der Waals surface area contributed by atoms with Gasteiger partial charge in [0.1, 0.15) is 11.4 Å². The van der Waals surface area contributed by atoms with E-state index in [0.29, 0.717) is 41.6 Å². The molecule has 1 unspecified atom stereocenters. The van der Waals surface area contributed by atoms with Gasteiger partial charge < -0.3 is 25.2 Å². The largest absolute Gasteiger partial charge is 0.588 e. The van der Waals surface area contributed by atoms with Crippen LogP contribution in [-0.4, -0.2) is 49.2 Å². The highest BCUT2D eigenvalue weighted by Crippen LogP contribution is 2.32. The van der Waals surface area contributed by atoms with E-state index in [1.165, 1.54) is 4.90 Å². The van der Waals surface area contributed by atoms with E-state index in [1.54, 1.807) is 20.2 Å². The maximum atomic E-state index is 13.3. The number of ether oxygens (including phenoxy) is 1. The number of hydrogen-bond acceptors (Lipinski definition) is 6. The number of hydrogen-bond donors (Lipinski definition) is 3. The number of nitrogens with zero attached hydrogens (tertiary/aromatic N) is 1. The van der Waals surface area contributed by atoms with Crippen LogP contribution in [0.25, 0.3) is 11.1 Å². The van der Waals surface area contributed by atoms with E-state index in [9.17, 15) is 9.35 Å². The lowest BCUT2D eigenvalue weighted by Crippen LogP contribution is -2.21. The molecule has 0 aliphatic rings. The maximum absolute atomic E-state index is 13.3. The summed E-state index contributed by atoms with van der Waals surface area (Å²) in [6, 6.07) is 20.5. The summed E-state index contributed by atoms with van der Waals surface area (Å²) in [5, 5.41) is 3.21. The normalized spacial score (nSPS) is 11.5. The second-order valence-electron chi connectivity index (χ2n) is 7.54. The molecule has 0 saturated heterocycles. The van der Waals surface area contributed by atoms with Crippen molar-refractivity contribution in [3.8, 4) is 16.9 Å². The average Bonchev–Trinajstić information content (AvgIpc) is 2.83. The molecule has 1 amide bonds. The third-order valence-corrected chi connectivity index (χ3v) is 5.98. The molecule has 0 radical (unpaired) electrons. The van der Waals surface area contributed by atoms with Crippen molar-refractivity contribution in [2.75, 3.05) is 43.8 Å². The Balaban J connectivity index is 1.91. The highest BCUT2D eigenvalue weighted by atomic mass is 32.2. The summed E-state index contributed by atoms with van der Waals surface area (Å²) in [6.45, 7) is 3.51. The molecular formula is C25H30N4O3S. The first kappa shape index (κ1) is 24.4. The van der Waals surface area contributed by atoms with Gasteiger partial charge in [0.25, 0.3) is 5.91 Å². The number of rotatable bonds is 10. The van der Waals surface area contributed by atoms with Gasteiger partial charge in [0, 0.05) is 44.5 Å². The van der Waals surface area contributed by atoms with Crippen LogP contribution in [0.1, 0.15) is 17.3 Å². The van der Waals surface area contributed by atoms with Gasteiger partial charge in [0.2, 0.25) is 4.90 Å². The zero-order chi connectivity index (χ0) is 23.8. The fourth-order valence-corrected chi connectivity index (χ4v) is 4.26. The van der Waals surface area contributed by atoms with Crippen LogP contribution in [0.15, 0.2) is 71.6 Å². The van der Waals surface area contributed by atoms with Crippen molar-refractivity contribution in [1.82, 2.24) is 4.90 Å². The molecular weight excluding hydrogens is 436 g/mol. The minimum absolute atomic E-state index is 0.0728. The molecule has 4 N–H and O–H groups in total. The third-order valence-electron chi connectivity index (χ3n) is 4.84. The molecule has 0 fully saturated rings. The second-order valence-corrected chi connectivity index (χ2v) is 8.72. The molecule has 33 heavy (non-hydrogen) atoms. The summed E-state index contributed by atoms with van der Waals surface area (Å²) in [5.74, 6) is 0.474. The van der Waals surface area contributed by atoms with Crippen molar-refractivity contribution >= 4 is 28.6 Å². The van der Waals surface area contributed by atoms with E-state index in [4.69, 9.17) is 10.5 Å². The predicted molar refractivity (Wildman–Crippen MR) is 135 cm³/mol. The average molecular weight is 467 g/mol. The standard InChI is InChI=1S/C25H30N4O3S/c1-4-32-23-12-11-19(18-7-5-8-20(15-18)25(30)29(2)3)16-24(23)33(31)28-22-10-6-9-21(17-22)27-14-13-26/h5-12,15-17,27-28H,4,13-14,26H2,1-3H3. The van der Waals surface area contributed by atoms with Crippen LogP contribution in [0.4, 0.5) is 11.4 Å². The van der Waals surface area contributed by atoms with Crippen LogP contribution < -0.4 is 20.5 Å². The highest BCUT2D eigenvalue weighted by molar-refractivity contribution is 7.92. The van der Waals surface area contributed by atoms with Gasteiger partial charge in [0.15, 0.2) is 5.75 Å². The number of benzene rings is 3. The van der Waals surface area contributed by atoms with Gasteiger partial charge in [-0.15, -0.1) is 0 Å². The molecule has 0 spiro atoms. The van der Waals surface area contributed by atoms with Crippen molar-refractivity contribution in [1.29, 1.82) is 0 Å². The van der Waals surface area contributed by atoms with Crippen LogP contribution in [0, 0.1) is 0 Å². The molecule has 0 heterocycles. The van der Waals surface area contributed by atoms with Gasteiger partial charge in [-0.3, -0.25) is 4.79 Å². The van der Waals surface area contributed by atoms with Crippen molar-refractivity contribution in [2.24, 2.45) is 5.73 Å². The van der Waals surface area contributed by atoms with Crippen molar-refractivity contribution in [3.05, 3.63) is 72.3 Å². The first-order valence-electron chi connectivity index (χ1n) is 10.7. The third kappa shape index (κ3) is 6.41. The van der Waals surface area contributed by atoms with Crippen LogP contribution >= 0.6 is 0 Å². The Kier molecular flexibility index (Phi) is 8.59. The lowest BCUT2D eigenvalue weighted by Gasteiger charge is -2.17. The Morgan fingerprint density at radius 2 is 1.76 bits per heavy atom. The van der Waals surface area contributed by atoms with Gasteiger partial charge in [0.05, 0.1) is 12.3 Å². The molecule has 3 rings (SSSR count). The predicted octanol–water partition coefficient (Wildman–Crippen LogP) is 3.96. The van der Waals surface area contributed by atoms with Gasteiger partial charge in [-0.05, 0) is 54.4 Å². The number of amides is 1. The molecule has 0 bridgehead atoms. The van der Waals surface area contributed by atoms with Gasteiger partial charge in [-0.2, -0.15) is 0 Å². The number of carbonyl (C=O) groups is 1. The number of carbonyl (C=O) groups excluding carboxylic acids is 1. The smallest absolute Gasteiger partial charge is 0.253 e. The molecule has 8 heteroatoms. The first-order chi connectivity index (χ1) is 15.9. The Hall–Kier alpha value is -3.20. The fraction of sp³-hybridized carbons (Fsp3) is 0.240. The van der Waals surface area contributed by atoms with E-state index < -0.39 is 11.4 Å². The first-order valence-corrected chi connectivity index (χ1v) is 11.9. The summed E-state index contributed by atoms with van der Waals surface area (Å²) < 4.78 is 22.1. The van der Waals surface area contributed by atoms with E-state index >= 15 is 0 Å². The topological polar surface area (TPSA) is 103 Å². The van der Waals surface area contributed by atoms with Gasteiger partial charge >= 0.3 is 0 Å². The molecule has 7 nitrogen and oxygen atoms in total. The van der Waals surface area contributed by atoms with E-state index in [2.05, 4.69) is 10.0 Å². The Bertz CT molecular complexity index is 1090. The van der Waals surface area contributed by atoms with Gasteiger partial charge in [-0.25, -0.2) is 4.72 Å². The molecule has 0 aromatic heterocycles. The minimum Gasteiger partial charge on any atom is -0.588 e. The molecule has 0 saturated carbocycles. The van der Waals surface area contributed by atoms with Crippen molar-refractivity contribution < 1.29 is 14.1 Å². The fourth-order valence-electron chi connectivity index (χ4n) is 3.27. The van der Waals surface area contributed by atoms with E-state index in [-0.39, 0.29) is 5.91 Å². The zero-order valence-corrected chi connectivity index (χ0v) is 19.9. The van der Waals surface area contributed by atoms with Crippen LogP contribution in [0.2, 0.25) is 0 Å². The molecule has 174 valence electrons. The minimum atomic E-state index is -1.57. The number of anilines is 2. The lowest BCUT2D eigenvalue weighted by atomic mass is 10.0. The summed E-state index contributed by atoms with van der Waals surface area (Å²) in [7, 11) is 3.44. The summed E-state index contributed by atoms with van der Waals surface area (Å²) >= 11 is -1.57. The van der Waals surface area contributed by atoms with Crippen LogP contribution in [0.5, 0.6) is 5.75 Å². The quantitative estimate of drug-likeness (QED) is 0.391. The van der Waals surface area contributed by atoms with Crippen LogP contribution in [0.3, 0.4) is 0 Å². The van der Waals surface area contributed by atoms with Gasteiger partial charge in [-0.1, -0.05) is 24.3 Å². The lowest BCUT2D eigenvalue weighted by molar-refractivity contribution is 0.0827. The monoisotopic (exact) mass is 466 g/mol. The summed E-state index contributed by atoms with van der Waals surface area (Å²) in [4.78, 5) is 14.4. The Morgan fingerprint density at radius 3 is 2.48 bits per heavy atom. The summed E-state index contributed by atoms with van der Waals surface area (Å²) in [5.41, 5.74) is 9.45. The Morgan fingerprint density at radius 1 is 1.03 bits per heavy atom. The van der Waals surface area contributed by atoms with Crippen molar-refractivity contribution in [3.63, 3.8) is 0 Å². The molecule has 3 aromatic carbocycles. The molecule has 0 aliphatic carbocycles. The van der Waals surface area contributed by atoms with Crippen molar-refractivity contribution in [2.45, 2.75) is 11.8 Å². The number of nitrogens with one attached hydrogen (secondary N) is 2.